The number of piperidine rings is 2. The summed E-state index contributed by atoms with van der Waals surface area (Å²) in [5.41, 5.74) is 9.20. The molecule has 0 amide bonds. The summed E-state index contributed by atoms with van der Waals surface area (Å²) in [4.78, 5) is 40.1. The highest BCUT2D eigenvalue weighted by molar-refractivity contribution is 7.09. The molecule has 0 spiro atoms. The molecular formula is C55H64Cl2N6O5S2. The first-order valence-corrected chi connectivity index (χ1v) is 27.1. The zero-order valence-corrected chi connectivity index (χ0v) is 44.3. The van der Waals surface area contributed by atoms with Crippen LogP contribution in [0.1, 0.15) is 95.9 Å². The molecule has 0 bridgehead atoms. The number of carbonyl (C=O) groups is 2. The zero-order chi connectivity index (χ0) is 49.3. The van der Waals surface area contributed by atoms with E-state index < -0.39 is 11.9 Å². The third-order valence-corrected chi connectivity index (χ3v) is 15.4. The van der Waals surface area contributed by atoms with Crippen LogP contribution in [0.15, 0.2) is 72.8 Å². The van der Waals surface area contributed by atoms with E-state index in [1.807, 2.05) is 64.1 Å². The van der Waals surface area contributed by atoms with Crippen LogP contribution in [-0.2, 0) is 40.0 Å². The lowest BCUT2D eigenvalue weighted by Gasteiger charge is -2.32. The van der Waals surface area contributed by atoms with E-state index in [1.54, 1.807) is 0 Å². The van der Waals surface area contributed by atoms with Gasteiger partial charge < -0.3 is 19.1 Å². The van der Waals surface area contributed by atoms with Crippen LogP contribution in [0, 0.1) is 11.8 Å². The van der Waals surface area contributed by atoms with Gasteiger partial charge in [0.1, 0.15) is 21.5 Å². The van der Waals surface area contributed by atoms with Crippen LogP contribution in [0.5, 0.6) is 11.5 Å². The highest BCUT2D eigenvalue weighted by atomic mass is 35.5. The zero-order valence-electron chi connectivity index (χ0n) is 41.1. The second-order valence-corrected chi connectivity index (χ2v) is 21.4. The van der Waals surface area contributed by atoms with Crippen molar-refractivity contribution in [1.82, 2.24) is 28.5 Å². The van der Waals surface area contributed by atoms with E-state index in [0.717, 1.165) is 121 Å². The fourth-order valence-electron chi connectivity index (χ4n) is 9.80. The summed E-state index contributed by atoms with van der Waals surface area (Å²) in [5.74, 6) is 2.91. The first kappa shape index (κ1) is 51.6. The summed E-state index contributed by atoms with van der Waals surface area (Å²) in [6.45, 7) is 16.4. The maximum Gasteiger partial charge on any atom is 0.327 e. The molecule has 2 saturated heterocycles. The van der Waals surface area contributed by atoms with Crippen LogP contribution in [-0.4, -0.2) is 91.9 Å². The number of halogens is 2. The van der Waals surface area contributed by atoms with E-state index in [1.165, 1.54) is 45.3 Å². The van der Waals surface area contributed by atoms with Gasteiger partial charge in [0.15, 0.2) is 11.6 Å². The van der Waals surface area contributed by atoms with E-state index in [2.05, 4.69) is 60.0 Å². The molecule has 0 unspecified atom stereocenters. The largest absolute Gasteiger partial charge is 0.489 e. The molecule has 6 aromatic rings. The number of hydrogen-bond acceptors (Lipinski definition) is 13. The molecular weight excluding hydrogens is 960 g/mol. The van der Waals surface area contributed by atoms with Gasteiger partial charge in [-0.05, 0) is 199 Å². The number of likely N-dealkylation sites (tertiary alicyclic amines) is 2. The Morgan fingerprint density at radius 2 is 1.10 bits per heavy atom. The number of rotatable bonds is 19. The Morgan fingerprint density at radius 1 is 0.643 bits per heavy atom. The fourth-order valence-corrected chi connectivity index (χ4v) is 11.6. The van der Waals surface area contributed by atoms with Gasteiger partial charge in [0.05, 0.1) is 35.2 Å². The second kappa shape index (κ2) is 24.1. The maximum atomic E-state index is 12.9. The predicted octanol–water partition coefficient (Wildman–Crippen LogP) is 12.7. The Hall–Kier alpha value is -4.76. The Kier molecular flexibility index (Phi) is 17.8. The maximum absolute atomic E-state index is 12.9. The van der Waals surface area contributed by atoms with Gasteiger partial charge in [0.25, 0.3) is 0 Å². The molecule has 0 aliphatic carbocycles. The first-order chi connectivity index (χ1) is 33.8. The topological polar surface area (TPSA) is 120 Å². The molecule has 11 nitrogen and oxygen atoms in total. The number of aromatic nitrogens is 4. The standard InChI is InChI=1S/C55H64Cl2N6O5S2/c1-7-42-38(11-9-13-44(42)52-58-54(69-60-52)40-15-17-48(46(56)31-40)66-34(3)4)29-36-19-24-62(25-20-36)28-23-50(64)68-51(65)33-63-26-21-37(22-27-63)30-39-12-10-14-45(43(39)8-2)53-59-55(70-61-53)41-16-18-49(47(57)32-41)67-35(5)6/h9-18,31-32,34-37H,7-8,19-30,33H2,1-6H3. The summed E-state index contributed by atoms with van der Waals surface area (Å²) in [5, 5.41) is 2.75. The van der Waals surface area contributed by atoms with Crippen LogP contribution in [0.4, 0.5) is 0 Å². The van der Waals surface area contributed by atoms with Gasteiger partial charge in [-0.2, -0.15) is 8.75 Å². The Morgan fingerprint density at radius 3 is 1.53 bits per heavy atom. The van der Waals surface area contributed by atoms with Crippen molar-refractivity contribution < 1.29 is 23.8 Å². The number of carbonyl (C=O) groups excluding carboxylic acids is 2. The Labute approximate surface area is 431 Å². The molecule has 2 fully saturated rings. The van der Waals surface area contributed by atoms with Crippen LogP contribution in [0.3, 0.4) is 0 Å². The average molecular weight is 1020 g/mol. The molecule has 2 aliphatic heterocycles. The fraction of sp³-hybridized carbons (Fsp3) is 0.455. The minimum Gasteiger partial charge on any atom is -0.489 e. The second-order valence-electron chi connectivity index (χ2n) is 19.1. The van der Waals surface area contributed by atoms with E-state index in [9.17, 15) is 9.59 Å². The van der Waals surface area contributed by atoms with Crippen LogP contribution in [0.2, 0.25) is 10.0 Å². The van der Waals surface area contributed by atoms with E-state index >= 15 is 0 Å². The average Bonchev–Trinajstić information content (AvgIpc) is 4.05. The quantitative estimate of drug-likeness (QED) is 0.0570. The molecule has 4 heterocycles. The summed E-state index contributed by atoms with van der Waals surface area (Å²) in [7, 11) is 0. The third-order valence-electron chi connectivity index (χ3n) is 13.3. The summed E-state index contributed by atoms with van der Waals surface area (Å²) in [6, 6.07) is 24.5. The summed E-state index contributed by atoms with van der Waals surface area (Å²) < 4.78 is 26.5. The molecule has 370 valence electrons. The molecule has 2 aromatic heterocycles. The predicted molar refractivity (Wildman–Crippen MR) is 283 cm³/mol. The summed E-state index contributed by atoms with van der Waals surface area (Å²) >= 11 is 15.8. The van der Waals surface area contributed by atoms with E-state index in [0.29, 0.717) is 39.9 Å². The monoisotopic (exact) mass is 1020 g/mol. The van der Waals surface area contributed by atoms with Gasteiger partial charge in [-0.1, -0.05) is 73.4 Å². The van der Waals surface area contributed by atoms with Crippen molar-refractivity contribution in [2.24, 2.45) is 11.8 Å². The number of esters is 2. The number of hydrogen-bond donors (Lipinski definition) is 0. The van der Waals surface area contributed by atoms with Crippen LogP contribution >= 0.6 is 46.3 Å². The lowest BCUT2D eigenvalue weighted by atomic mass is 9.86. The van der Waals surface area contributed by atoms with Crippen LogP contribution in [0.25, 0.3) is 43.9 Å². The van der Waals surface area contributed by atoms with Crippen molar-refractivity contribution >= 4 is 58.2 Å². The molecule has 4 aromatic carbocycles. The van der Waals surface area contributed by atoms with Gasteiger partial charge in [-0.25, -0.2) is 9.97 Å². The number of ether oxygens (including phenoxy) is 3. The lowest BCUT2D eigenvalue weighted by Crippen LogP contribution is -2.39. The normalized spacial score (nSPS) is 15.2. The van der Waals surface area contributed by atoms with Crippen molar-refractivity contribution in [2.45, 2.75) is 112 Å². The molecule has 0 atom stereocenters. The molecule has 15 heteroatoms. The van der Waals surface area contributed by atoms with Crippen molar-refractivity contribution in [1.29, 1.82) is 0 Å². The van der Waals surface area contributed by atoms with Crippen LogP contribution < -0.4 is 9.47 Å². The van der Waals surface area contributed by atoms with E-state index in [4.69, 9.17) is 56.1 Å². The van der Waals surface area contributed by atoms with Gasteiger partial charge in [-0.3, -0.25) is 14.5 Å². The Bertz CT molecular complexity index is 2740. The molecule has 0 radical (unpaired) electrons. The molecule has 0 saturated carbocycles. The third kappa shape index (κ3) is 13.2. The molecule has 70 heavy (non-hydrogen) atoms. The van der Waals surface area contributed by atoms with Gasteiger partial charge in [0.2, 0.25) is 0 Å². The minimum atomic E-state index is -0.464. The van der Waals surface area contributed by atoms with Crippen molar-refractivity contribution in [2.75, 3.05) is 39.3 Å². The minimum absolute atomic E-state index is 0.0350. The van der Waals surface area contributed by atoms with E-state index in [-0.39, 0.29) is 25.2 Å². The molecule has 8 rings (SSSR count). The number of nitrogens with zero attached hydrogens (tertiary/aromatic N) is 6. The Balaban J connectivity index is 0.755. The van der Waals surface area contributed by atoms with Gasteiger partial charge >= 0.3 is 11.9 Å². The van der Waals surface area contributed by atoms with Crippen molar-refractivity contribution in [3.05, 3.63) is 105 Å². The highest BCUT2D eigenvalue weighted by Gasteiger charge is 2.26. The highest BCUT2D eigenvalue weighted by Crippen LogP contribution is 2.37. The SMILES string of the molecule is CCc1c(CC2CCN(CCC(=O)OC(=O)CN3CCC(Cc4cccc(-c5nsc(-c6ccc(OC(C)C)c(Cl)c6)n5)c4CC)CC3)CC2)cccc1-c1nsc(-c2ccc(OC(C)C)c(Cl)c2)n1. The van der Waals surface area contributed by atoms with Crippen molar-refractivity contribution in [3.63, 3.8) is 0 Å². The molecule has 2 aliphatic rings. The van der Waals surface area contributed by atoms with Gasteiger partial charge in [-0.15, -0.1) is 0 Å². The summed E-state index contributed by atoms with van der Waals surface area (Å²) in [6.07, 6.45) is 8.01. The van der Waals surface area contributed by atoms with Crippen molar-refractivity contribution in [3.8, 4) is 55.4 Å². The molecule has 0 N–H and O–H groups in total. The lowest BCUT2D eigenvalue weighted by molar-refractivity contribution is -0.160. The smallest absolute Gasteiger partial charge is 0.327 e. The van der Waals surface area contributed by atoms with Gasteiger partial charge in [0, 0.05) is 28.8 Å². The first-order valence-electron chi connectivity index (χ1n) is 24.8. The number of benzene rings is 4.